The van der Waals surface area contributed by atoms with Gasteiger partial charge in [0.25, 0.3) is 0 Å². The molecule has 1 aliphatic rings. The van der Waals surface area contributed by atoms with Crippen LogP contribution in [0.5, 0.6) is 0 Å². The number of benzene rings is 2. The van der Waals surface area contributed by atoms with E-state index < -0.39 is 10.0 Å². The fourth-order valence-corrected chi connectivity index (χ4v) is 5.62. The molecule has 0 radical (unpaired) electrons. The highest BCUT2D eigenvalue weighted by molar-refractivity contribution is 14.1. The fourth-order valence-electron chi connectivity index (χ4n) is 3.40. The molecule has 0 aromatic heterocycles. The highest BCUT2D eigenvalue weighted by Gasteiger charge is 2.32. The predicted molar refractivity (Wildman–Crippen MR) is 115 cm³/mol. The molecule has 0 unspecified atom stereocenters. The van der Waals surface area contributed by atoms with Gasteiger partial charge in [-0.2, -0.15) is 4.31 Å². The van der Waals surface area contributed by atoms with E-state index in [1.807, 2.05) is 50.2 Å². The van der Waals surface area contributed by atoms with Crippen LogP contribution >= 0.6 is 22.6 Å². The molecule has 0 saturated carbocycles. The molecule has 1 amide bonds. The summed E-state index contributed by atoms with van der Waals surface area (Å²) in [6, 6.07) is 13.0. The van der Waals surface area contributed by atoms with Gasteiger partial charge in [-0.15, -0.1) is 0 Å². The first-order valence-corrected chi connectivity index (χ1v) is 11.4. The van der Waals surface area contributed by atoms with Crippen molar-refractivity contribution in [3.05, 3.63) is 57.2 Å². The molecule has 27 heavy (non-hydrogen) atoms. The number of sulfonamides is 1. The van der Waals surface area contributed by atoms with Crippen LogP contribution in [0.4, 0.5) is 5.69 Å². The second kappa shape index (κ2) is 8.28. The van der Waals surface area contributed by atoms with Gasteiger partial charge in [-0.1, -0.05) is 23.8 Å². The standard InChI is InChI=1S/C20H23IN2O3S/c1-14-6-7-19(15(2)12-14)27(25,26)23-10-8-16(9-11-23)20(24)22-18-5-3-4-17(21)13-18/h3-7,12-13,16H,8-11H2,1-2H3,(H,22,24). The molecule has 5 nitrogen and oxygen atoms in total. The Hall–Kier alpha value is -1.45. The molecule has 144 valence electrons. The minimum absolute atomic E-state index is 0.0411. The third-order valence-corrected chi connectivity index (χ3v) is 7.59. The van der Waals surface area contributed by atoms with E-state index in [1.54, 1.807) is 6.07 Å². The van der Waals surface area contributed by atoms with E-state index in [9.17, 15) is 13.2 Å². The largest absolute Gasteiger partial charge is 0.326 e. The molecule has 1 saturated heterocycles. The van der Waals surface area contributed by atoms with Crippen molar-refractivity contribution < 1.29 is 13.2 Å². The average molecular weight is 498 g/mol. The van der Waals surface area contributed by atoms with Gasteiger partial charge < -0.3 is 5.32 Å². The van der Waals surface area contributed by atoms with E-state index in [1.165, 1.54) is 4.31 Å². The zero-order chi connectivity index (χ0) is 19.6. The summed E-state index contributed by atoms with van der Waals surface area (Å²) in [5.41, 5.74) is 2.57. The van der Waals surface area contributed by atoms with E-state index in [4.69, 9.17) is 0 Å². The van der Waals surface area contributed by atoms with Crippen LogP contribution < -0.4 is 5.32 Å². The van der Waals surface area contributed by atoms with Crippen LogP contribution in [0, 0.1) is 23.3 Å². The molecule has 7 heteroatoms. The lowest BCUT2D eigenvalue weighted by Crippen LogP contribution is -2.41. The van der Waals surface area contributed by atoms with E-state index in [2.05, 4.69) is 27.9 Å². The van der Waals surface area contributed by atoms with Crippen LogP contribution in [0.25, 0.3) is 0 Å². The lowest BCUT2D eigenvalue weighted by Gasteiger charge is -2.31. The topological polar surface area (TPSA) is 66.5 Å². The van der Waals surface area contributed by atoms with Gasteiger partial charge in [0, 0.05) is 28.3 Å². The second-order valence-electron chi connectivity index (χ2n) is 6.95. The Morgan fingerprint density at radius 1 is 1.11 bits per heavy atom. The summed E-state index contributed by atoms with van der Waals surface area (Å²) in [5.74, 6) is -0.214. The van der Waals surface area contributed by atoms with Gasteiger partial charge >= 0.3 is 0 Å². The molecule has 0 bridgehead atoms. The van der Waals surface area contributed by atoms with Crippen molar-refractivity contribution in [1.82, 2.24) is 4.31 Å². The van der Waals surface area contributed by atoms with E-state index >= 15 is 0 Å². The third kappa shape index (κ3) is 4.70. The number of aryl methyl sites for hydroxylation is 2. The molecule has 3 rings (SSSR count). The Labute approximate surface area is 174 Å². The number of nitrogens with zero attached hydrogens (tertiary/aromatic N) is 1. The monoisotopic (exact) mass is 498 g/mol. The maximum absolute atomic E-state index is 12.9. The van der Waals surface area contributed by atoms with Crippen LogP contribution in [0.15, 0.2) is 47.4 Å². The zero-order valence-electron chi connectivity index (χ0n) is 15.4. The maximum Gasteiger partial charge on any atom is 0.243 e. The fraction of sp³-hybridized carbons (Fsp3) is 0.350. The third-order valence-electron chi connectivity index (χ3n) is 4.87. The molecule has 1 heterocycles. The number of carbonyl (C=O) groups excluding carboxylic acids is 1. The molecule has 1 N–H and O–H groups in total. The van der Waals surface area contributed by atoms with Crippen molar-refractivity contribution in [1.29, 1.82) is 0 Å². The highest BCUT2D eigenvalue weighted by Crippen LogP contribution is 2.27. The summed E-state index contributed by atoms with van der Waals surface area (Å²) in [4.78, 5) is 12.9. The Morgan fingerprint density at radius 3 is 2.44 bits per heavy atom. The smallest absolute Gasteiger partial charge is 0.243 e. The first-order valence-electron chi connectivity index (χ1n) is 8.91. The van der Waals surface area contributed by atoms with Crippen LogP contribution in [0.1, 0.15) is 24.0 Å². The lowest BCUT2D eigenvalue weighted by atomic mass is 9.97. The maximum atomic E-state index is 12.9. The summed E-state index contributed by atoms with van der Waals surface area (Å²) >= 11 is 2.20. The van der Waals surface area contributed by atoms with Gasteiger partial charge in [-0.05, 0) is 79.1 Å². The number of amides is 1. The SMILES string of the molecule is Cc1ccc(S(=O)(=O)N2CCC(C(=O)Nc3cccc(I)c3)CC2)c(C)c1. The quantitative estimate of drug-likeness (QED) is 0.650. The van der Waals surface area contributed by atoms with Crippen molar-refractivity contribution in [2.45, 2.75) is 31.6 Å². The normalized spacial score (nSPS) is 16.3. The first kappa shape index (κ1) is 20.3. The molecule has 0 atom stereocenters. The van der Waals surface area contributed by atoms with Crippen molar-refractivity contribution >= 4 is 44.2 Å². The van der Waals surface area contributed by atoms with E-state index in [0.717, 1.165) is 20.4 Å². The number of carbonyl (C=O) groups is 1. The minimum atomic E-state index is -3.52. The van der Waals surface area contributed by atoms with Gasteiger partial charge in [0.2, 0.25) is 15.9 Å². The number of hydrogen-bond acceptors (Lipinski definition) is 3. The lowest BCUT2D eigenvalue weighted by molar-refractivity contribution is -0.120. The number of nitrogens with one attached hydrogen (secondary N) is 1. The van der Waals surface area contributed by atoms with Crippen LogP contribution in [-0.2, 0) is 14.8 Å². The molecular weight excluding hydrogens is 475 g/mol. The van der Waals surface area contributed by atoms with E-state index in [0.29, 0.717) is 30.8 Å². The number of piperidine rings is 1. The Bertz CT molecular complexity index is 951. The number of halogens is 1. The Balaban J connectivity index is 1.65. The minimum Gasteiger partial charge on any atom is -0.326 e. The van der Waals surface area contributed by atoms with Crippen molar-refractivity contribution in [3.8, 4) is 0 Å². The van der Waals surface area contributed by atoms with Crippen LogP contribution in [0.3, 0.4) is 0 Å². The van der Waals surface area contributed by atoms with Crippen molar-refractivity contribution in [2.24, 2.45) is 5.92 Å². The zero-order valence-corrected chi connectivity index (χ0v) is 18.4. The predicted octanol–water partition coefficient (Wildman–Crippen LogP) is 3.95. The summed E-state index contributed by atoms with van der Waals surface area (Å²) in [5, 5.41) is 2.94. The average Bonchev–Trinajstić information content (AvgIpc) is 2.61. The molecule has 0 aliphatic carbocycles. The number of anilines is 1. The summed E-state index contributed by atoms with van der Waals surface area (Å²) < 4.78 is 28.5. The summed E-state index contributed by atoms with van der Waals surface area (Å²) in [6.45, 7) is 4.49. The molecular formula is C20H23IN2O3S. The van der Waals surface area contributed by atoms with Gasteiger partial charge in [-0.25, -0.2) is 8.42 Å². The first-order chi connectivity index (χ1) is 12.8. The number of rotatable bonds is 4. The summed E-state index contributed by atoms with van der Waals surface area (Å²) in [6.07, 6.45) is 1.06. The Morgan fingerprint density at radius 2 is 1.81 bits per heavy atom. The van der Waals surface area contributed by atoms with Gasteiger partial charge in [-0.3, -0.25) is 4.79 Å². The van der Waals surface area contributed by atoms with E-state index in [-0.39, 0.29) is 11.8 Å². The molecule has 0 spiro atoms. The van der Waals surface area contributed by atoms with Crippen molar-refractivity contribution in [3.63, 3.8) is 0 Å². The summed E-state index contributed by atoms with van der Waals surface area (Å²) in [7, 11) is -3.52. The van der Waals surface area contributed by atoms with Gasteiger partial charge in [0.1, 0.15) is 0 Å². The molecule has 2 aromatic rings. The Kier molecular flexibility index (Phi) is 6.22. The van der Waals surface area contributed by atoms with Crippen LogP contribution in [-0.4, -0.2) is 31.7 Å². The van der Waals surface area contributed by atoms with Gasteiger partial charge in [0.15, 0.2) is 0 Å². The molecule has 1 fully saturated rings. The second-order valence-corrected chi connectivity index (χ2v) is 10.1. The van der Waals surface area contributed by atoms with Gasteiger partial charge in [0.05, 0.1) is 4.90 Å². The number of hydrogen-bond donors (Lipinski definition) is 1. The molecule has 1 aliphatic heterocycles. The van der Waals surface area contributed by atoms with Crippen LogP contribution in [0.2, 0.25) is 0 Å². The molecule has 2 aromatic carbocycles. The highest BCUT2D eigenvalue weighted by atomic mass is 127. The van der Waals surface area contributed by atoms with Crippen molar-refractivity contribution in [2.75, 3.05) is 18.4 Å².